The highest BCUT2D eigenvalue weighted by atomic mass is 35.5. The summed E-state index contributed by atoms with van der Waals surface area (Å²) in [5.74, 6) is -0.169. The van der Waals surface area contributed by atoms with Gasteiger partial charge in [-0.3, -0.25) is 4.79 Å². The van der Waals surface area contributed by atoms with E-state index in [0.717, 1.165) is 22.4 Å². The van der Waals surface area contributed by atoms with Crippen LogP contribution in [-0.2, 0) is 4.79 Å². The Bertz CT molecular complexity index is 681. The molecule has 0 fully saturated rings. The second-order valence-electron chi connectivity index (χ2n) is 4.67. The van der Waals surface area contributed by atoms with Gasteiger partial charge in [-0.2, -0.15) is 0 Å². The van der Waals surface area contributed by atoms with Gasteiger partial charge in [-0.15, -0.1) is 10.2 Å². The van der Waals surface area contributed by atoms with Crippen LogP contribution < -0.4 is 10.6 Å². The fourth-order valence-corrected chi connectivity index (χ4v) is 3.85. The third-order valence-electron chi connectivity index (χ3n) is 2.77. The van der Waals surface area contributed by atoms with Gasteiger partial charge in [0.05, 0.1) is 16.0 Å². The van der Waals surface area contributed by atoms with Crippen LogP contribution in [-0.4, -0.2) is 27.9 Å². The molecule has 0 radical (unpaired) electrons. The van der Waals surface area contributed by atoms with Gasteiger partial charge < -0.3 is 10.6 Å². The second kappa shape index (κ2) is 8.73. The number of benzene rings is 1. The fraction of sp³-hybridized carbons (Fsp3) is 0.357. The number of aromatic nitrogens is 2. The Balaban J connectivity index is 1.94. The molecule has 0 saturated heterocycles. The zero-order valence-corrected chi connectivity index (χ0v) is 15.7. The molecule has 2 aromatic rings. The molecule has 9 heteroatoms. The molecular formula is C14H16Cl2N4OS2. The quantitative estimate of drug-likeness (QED) is 0.665. The third kappa shape index (κ3) is 5.53. The lowest BCUT2D eigenvalue weighted by Gasteiger charge is -2.11. The first-order valence-corrected chi connectivity index (χ1v) is 9.44. The molecule has 1 heterocycles. The minimum absolute atomic E-state index is 0.169. The van der Waals surface area contributed by atoms with Gasteiger partial charge in [0.15, 0.2) is 4.34 Å². The molecule has 0 aliphatic rings. The van der Waals surface area contributed by atoms with E-state index >= 15 is 0 Å². The highest BCUT2D eigenvalue weighted by Crippen LogP contribution is 2.30. The fourth-order valence-electron chi connectivity index (χ4n) is 1.59. The molecule has 0 saturated carbocycles. The lowest BCUT2D eigenvalue weighted by molar-refractivity contribution is -0.115. The maximum Gasteiger partial charge on any atom is 0.237 e. The van der Waals surface area contributed by atoms with Crippen LogP contribution in [0.15, 0.2) is 22.5 Å². The normalized spacial score (nSPS) is 12.0. The van der Waals surface area contributed by atoms with Gasteiger partial charge in [0.1, 0.15) is 0 Å². The number of halogens is 2. The number of rotatable bonds is 7. The number of hydrogen-bond acceptors (Lipinski definition) is 6. The van der Waals surface area contributed by atoms with Crippen molar-refractivity contribution in [2.75, 3.05) is 17.2 Å². The van der Waals surface area contributed by atoms with Gasteiger partial charge in [0.2, 0.25) is 11.0 Å². The van der Waals surface area contributed by atoms with Gasteiger partial charge in [-0.25, -0.2) is 0 Å². The topological polar surface area (TPSA) is 66.9 Å². The van der Waals surface area contributed by atoms with Crippen molar-refractivity contribution < 1.29 is 4.79 Å². The van der Waals surface area contributed by atoms with Crippen LogP contribution in [0.3, 0.4) is 0 Å². The smallest absolute Gasteiger partial charge is 0.237 e. The molecule has 5 nitrogen and oxygen atoms in total. The number of hydrogen-bond donors (Lipinski definition) is 2. The van der Waals surface area contributed by atoms with Crippen molar-refractivity contribution in [1.29, 1.82) is 0 Å². The van der Waals surface area contributed by atoms with Crippen molar-refractivity contribution >= 4 is 63.0 Å². The molecule has 0 aliphatic heterocycles. The van der Waals surface area contributed by atoms with E-state index in [9.17, 15) is 4.79 Å². The zero-order valence-electron chi connectivity index (χ0n) is 12.6. The Labute approximate surface area is 153 Å². The van der Waals surface area contributed by atoms with E-state index < -0.39 is 0 Å². The summed E-state index contributed by atoms with van der Waals surface area (Å²) < 4.78 is 0.739. The number of carbonyl (C=O) groups is 1. The van der Waals surface area contributed by atoms with Crippen molar-refractivity contribution in [1.82, 2.24) is 10.2 Å². The molecule has 1 aromatic carbocycles. The summed E-state index contributed by atoms with van der Waals surface area (Å²) in [7, 11) is 0. The summed E-state index contributed by atoms with van der Waals surface area (Å²) in [4.78, 5) is 12.3. The molecule has 2 N–H and O–H groups in total. The van der Waals surface area contributed by atoms with Gasteiger partial charge in [-0.1, -0.05) is 53.2 Å². The minimum Gasteiger partial charge on any atom is -0.360 e. The van der Waals surface area contributed by atoms with Crippen LogP contribution in [0.25, 0.3) is 0 Å². The molecule has 1 atom stereocenters. The number of anilines is 2. The third-order valence-corrected chi connectivity index (χ3v) is 5.40. The Morgan fingerprint density at radius 1 is 1.39 bits per heavy atom. The second-order valence-corrected chi connectivity index (χ2v) is 8.08. The Morgan fingerprint density at radius 3 is 2.91 bits per heavy atom. The standard InChI is InChI=1S/C14H16Cl2N4OS2/c1-3-6-17-13-19-20-14(23-13)22-8(2)12(21)18-11-7-9(15)4-5-10(11)16/h4-5,7-8H,3,6H2,1-2H3,(H,17,19)(H,18,21). The van der Waals surface area contributed by atoms with Gasteiger partial charge in [0.25, 0.3) is 0 Å². The highest BCUT2D eigenvalue weighted by Gasteiger charge is 2.18. The first-order valence-electron chi connectivity index (χ1n) is 6.99. The molecule has 1 amide bonds. The lowest BCUT2D eigenvalue weighted by atomic mass is 10.3. The predicted molar refractivity (Wildman–Crippen MR) is 99.1 cm³/mol. The van der Waals surface area contributed by atoms with E-state index in [1.165, 1.54) is 23.1 Å². The van der Waals surface area contributed by atoms with Crippen molar-refractivity contribution in [2.45, 2.75) is 29.9 Å². The molecule has 23 heavy (non-hydrogen) atoms. The Hall–Kier alpha value is -1.02. The number of thioether (sulfide) groups is 1. The number of nitrogens with one attached hydrogen (secondary N) is 2. The van der Waals surface area contributed by atoms with Crippen LogP contribution in [0, 0.1) is 0 Å². The predicted octanol–water partition coefficient (Wildman–Crippen LogP) is 4.79. The van der Waals surface area contributed by atoms with Crippen molar-refractivity contribution in [3.63, 3.8) is 0 Å². The highest BCUT2D eigenvalue weighted by molar-refractivity contribution is 8.02. The molecular weight excluding hydrogens is 375 g/mol. The van der Waals surface area contributed by atoms with E-state index in [0.29, 0.717) is 15.7 Å². The number of amides is 1. The first-order chi connectivity index (χ1) is 11.0. The van der Waals surface area contributed by atoms with E-state index in [1.807, 2.05) is 0 Å². The molecule has 0 aliphatic carbocycles. The maximum atomic E-state index is 12.3. The summed E-state index contributed by atoms with van der Waals surface area (Å²) in [6.45, 7) is 4.73. The molecule has 1 aromatic heterocycles. The summed E-state index contributed by atoms with van der Waals surface area (Å²) in [5.41, 5.74) is 0.499. The Morgan fingerprint density at radius 2 is 2.17 bits per heavy atom. The van der Waals surface area contributed by atoms with Gasteiger partial charge in [0, 0.05) is 11.6 Å². The van der Waals surface area contributed by atoms with Crippen LogP contribution in [0.5, 0.6) is 0 Å². The minimum atomic E-state index is -0.336. The maximum absolute atomic E-state index is 12.3. The van der Waals surface area contributed by atoms with Gasteiger partial charge >= 0.3 is 0 Å². The average molecular weight is 391 g/mol. The lowest BCUT2D eigenvalue weighted by Crippen LogP contribution is -2.22. The first kappa shape index (κ1) is 18.3. The zero-order chi connectivity index (χ0) is 16.8. The van der Waals surface area contributed by atoms with Crippen LogP contribution in [0.2, 0.25) is 10.0 Å². The Kier molecular flexibility index (Phi) is 6.95. The molecule has 0 bridgehead atoms. The van der Waals surface area contributed by atoms with Crippen LogP contribution >= 0.6 is 46.3 Å². The molecule has 124 valence electrons. The van der Waals surface area contributed by atoms with E-state index in [2.05, 4.69) is 27.8 Å². The molecule has 0 spiro atoms. The van der Waals surface area contributed by atoms with Crippen LogP contribution in [0.1, 0.15) is 20.3 Å². The largest absolute Gasteiger partial charge is 0.360 e. The summed E-state index contributed by atoms with van der Waals surface area (Å²) in [6, 6.07) is 4.94. The number of carbonyl (C=O) groups excluding carboxylic acids is 1. The number of nitrogens with zero attached hydrogens (tertiary/aromatic N) is 2. The van der Waals surface area contributed by atoms with Crippen LogP contribution in [0.4, 0.5) is 10.8 Å². The van der Waals surface area contributed by atoms with E-state index in [-0.39, 0.29) is 11.2 Å². The SMILES string of the molecule is CCCNc1nnc(SC(C)C(=O)Nc2cc(Cl)ccc2Cl)s1. The van der Waals surface area contributed by atoms with Crippen molar-refractivity contribution in [2.24, 2.45) is 0 Å². The van der Waals surface area contributed by atoms with Crippen molar-refractivity contribution in [3.8, 4) is 0 Å². The van der Waals surface area contributed by atoms with Crippen molar-refractivity contribution in [3.05, 3.63) is 28.2 Å². The van der Waals surface area contributed by atoms with Gasteiger partial charge in [-0.05, 0) is 31.5 Å². The molecule has 1 unspecified atom stereocenters. The van der Waals surface area contributed by atoms with E-state index in [4.69, 9.17) is 23.2 Å². The summed E-state index contributed by atoms with van der Waals surface area (Å²) in [5, 5.41) is 15.4. The monoisotopic (exact) mass is 390 g/mol. The summed E-state index contributed by atoms with van der Waals surface area (Å²) in [6.07, 6.45) is 1.02. The van der Waals surface area contributed by atoms with E-state index in [1.54, 1.807) is 25.1 Å². The molecule has 2 rings (SSSR count). The summed E-state index contributed by atoms with van der Waals surface area (Å²) >= 11 is 14.7. The average Bonchev–Trinajstić information content (AvgIpc) is 2.96.